The third-order valence-electron chi connectivity index (χ3n) is 2.34. The maximum atomic E-state index is 3.75. The van der Waals surface area contributed by atoms with Gasteiger partial charge in [0, 0.05) is 0 Å². The van der Waals surface area contributed by atoms with E-state index in [1.54, 1.807) is 0 Å². The van der Waals surface area contributed by atoms with Crippen LogP contribution in [0.15, 0.2) is 38.0 Å². The van der Waals surface area contributed by atoms with Crippen LogP contribution < -0.4 is 0 Å². The maximum absolute atomic E-state index is 3.75. The quantitative estimate of drug-likeness (QED) is 0.456. The molecule has 0 aliphatic rings. The average Bonchev–Trinajstić information content (AvgIpc) is 2.17. The van der Waals surface area contributed by atoms with Gasteiger partial charge in [-0.05, 0) is 44.4 Å². The van der Waals surface area contributed by atoms with E-state index in [1.165, 1.54) is 19.3 Å². The minimum atomic E-state index is 0.828. The molecule has 0 amide bonds. The van der Waals surface area contributed by atoms with Gasteiger partial charge in [0.1, 0.15) is 0 Å². The Hall–Kier alpha value is -0.780. The summed E-state index contributed by atoms with van der Waals surface area (Å²) in [5, 5.41) is 0. The van der Waals surface area contributed by atoms with Gasteiger partial charge in [0.15, 0.2) is 0 Å². The molecule has 0 aromatic carbocycles. The molecule has 13 heavy (non-hydrogen) atoms. The molecule has 0 aromatic heterocycles. The zero-order chi connectivity index (χ0) is 9.94. The lowest BCUT2D eigenvalue weighted by molar-refractivity contribution is 0.430. The predicted molar refractivity (Wildman–Crippen MR) is 61.8 cm³/mol. The van der Waals surface area contributed by atoms with Crippen LogP contribution in [0.4, 0.5) is 0 Å². The summed E-state index contributed by atoms with van der Waals surface area (Å²) in [5.74, 6) is 0.828. The summed E-state index contributed by atoms with van der Waals surface area (Å²) in [6.07, 6.45) is 13.2. The number of hydrogen-bond donors (Lipinski definition) is 0. The van der Waals surface area contributed by atoms with Crippen LogP contribution in [0.2, 0.25) is 0 Å². The highest BCUT2D eigenvalue weighted by Crippen LogP contribution is 2.19. The molecule has 0 spiro atoms. The Morgan fingerprint density at radius 3 is 1.23 bits per heavy atom. The molecule has 0 aliphatic carbocycles. The van der Waals surface area contributed by atoms with Crippen LogP contribution in [0.1, 0.15) is 38.5 Å². The Kier molecular flexibility index (Phi) is 8.75. The first-order valence-electron chi connectivity index (χ1n) is 5.17. The molecular formula is C13H22. The molecule has 74 valence electrons. The van der Waals surface area contributed by atoms with Gasteiger partial charge in [0.25, 0.3) is 0 Å². The van der Waals surface area contributed by atoms with Crippen molar-refractivity contribution >= 4 is 0 Å². The van der Waals surface area contributed by atoms with E-state index in [4.69, 9.17) is 0 Å². The molecule has 0 heterocycles. The Morgan fingerprint density at radius 2 is 1.00 bits per heavy atom. The molecular weight excluding hydrogens is 156 g/mol. The molecule has 0 saturated heterocycles. The molecule has 0 rings (SSSR count). The predicted octanol–water partition coefficient (Wildman–Crippen LogP) is 4.50. The van der Waals surface area contributed by atoms with Gasteiger partial charge in [-0.2, -0.15) is 0 Å². The van der Waals surface area contributed by atoms with E-state index in [9.17, 15) is 0 Å². The molecule has 0 nitrogen and oxygen atoms in total. The van der Waals surface area contributed by atoms with Gasteiger partial charge in [0.05, 0.1) is 0 Å². The first-order chi connectivity index (χ1) is 6.35. The highest BCUT2D eigenvalue weighted by molar-refractivity contribution is 4.76. The first-order valence-corrected chi connectivity index (χ1v) is 5.17. The highest BCUT2D eigenvalue weighted by Gasteiger charge is 2.05. The number of allylic oxidation sites excluding steroid dienone is 3. The van der Waals surface area contributed by atoms with Crippen LogP contribution in [0.25, 0.3) is 0 Å². The monoisotopic (exact) mass is 178 g/mol. The van der Waals surface area contributed by atoms with Crippen LogP contribution >= 0.6 is 0 Å². The van der Waals surface area contributed by atoms with Gasteiger partial charge < -0.3 is 0 Å². The second-order valence-corrected chi connectivity index (χ2v) is 3.46. The maximum Gasteiger partial charge on any atom is -0.0351 e. The van der Waals surface area contributed by atoms with Crippen LogP contribution in [-0.2, 0) is 0 Å². The zero-order valence-corrected chi connectivity index (χ0v) is 8.67. The lowest BCUT2D eigenvalue weighted by Gasteiger charge is -2.13. The van der Waals surface area contributed by atoms with Gasteiger partial charge in [-0.15, -0.1) is 19.7 Å². The van der Waals surface area contributed by atoms with E-state index >= 15 is 0 Å². The van der Waals surface area contributed by atoms with E-state index in [1.807, 2.05) is 18.2 Å². The third kappa shape index (κ3) is 7.58. The smallest absolute Gasteiger partial charge is 0.0351 e. The van der Waals surface area contributed by atoms with Crippen LogP contribution in [-0.4, -0.2) is 0 Å². The number of rotatable bonds is 9. The largest absolute Gasteiger partial charge is 0.103 e. The first kappa shape index (κ1) is 12.2. The van der Waals surface area contributed by atoms with Crippen LogP contribution in [0, 0.1) is 5.92 Å². The van der Waals surface area contributed by atoms with Crippen molar-refractivity contribution in [2.45, 2.75) is 38.5 Å². The van der Waals surface area contributed by atoms with Gasteiger partial charge in [-0.25, -0.2) is 0 Å². The SMILES string of the molecule is C=CCCC(CCC=C)CCC=C. The Bertz CT molecular complexity index is 116. The Balaban J connectivity index is 3.64. The standard InChI is InChI=1S/C13H22/c1-4-7-10-13(11-8-5-2)12-9-6-3/h4-6,13H,1-3,7-12H2. The molecule has 0 fully saturated rings. The van der Waals surface area contributed by atoms with E-state index in [0.717, 1.165) is 25.2 Å². The molecule has 0 bridgehead atoms. The van der Waals surface area contributed by atoms with Crippen molar-refractivity contribution in [3.8, 4) is 0 Å². The summed E-state index contributed by atoms with van der Waals surface area (Å²) in [6.45, 7) is 11.3. The minimum Gasteiger partial charge on any atom is -0.103 e. The molecule has 0 atom stereocenters. The van der Waals surface area contributed by atoms with Crippen LogP contribution in [0.3, 0.4) is 0 Å². The summed E-state index contributed by atoms with van der Waals surface area (Å²) in [7, 11) is 0. The minimum absolute atomic E-state index is 0.828. The Morgan fingerprint density at radius 1 is 0.692 bits per heavy atom. The summed E-state index contributed by atoms with van der Waals surface area (Å²) < 4.78 is 0. The topological polar surface area (TPSA) is 0 Å². The summed E-state index contributed by atoms with van der Waals surface area (Å²) in [4.78, 5) is 0. The molecule has 0 N–H and O–H groups in total. The van der Waals surface area contributed by atoms with Gasteiger partial charge in [-0.3, -0.25) is 0 Å². The average molecular weight is 178 g/mol. The van der Waals surface area contributed by atoms with Crippen LogP contribution in [0.5, 0.6) is 0 Å². The third-order valence-corrected chi connectivity index (χ3v) is 2.34. The van der Waals surface area contributed by atoms with Gasteiger partial charge in [-0.1, -0.05) is 18.2 Å². The fourth-order valence-corrected chi connectivity index (χ4v) is 1.49. The molecule has 0 unspecified atom stereocenters. The van der Waals surface area contributed by atoms with Crippen molar-refractivity contribution in [3.05, 3.63) is 38.0 Å². The van der Waals surface area contributed by atoms with Gasteiger partial charge >= 0.3 is 0 Å². The van der Waals surface area contributed by atoms with E-state index in [-0.39, 0.29) is 0 Å². The van der Waals surface area contributed by atoms with E-state index < -0.39 is 0 Å². The highest BCUT2D eigenvalue weighted by atomic mass is 14.1. The number of hydrogen-bond acceptors (Lipinski definition) is 0. The lowest BCUT2D eigenvalue weighted by atomic mass is 9.93. The van der Waals surface area contributed by atoms with Crippen molar-refractivity contribution in [1.82, 2.24) is 0 Å². The zero-order valence-electron chi connectivity index (χ0n) is 8.67. The second kappa shape index (κ2) is 9.31. The van der Waals surface area contributed by atoms with Crippen molar-refractivity contribution in [3.63, 3.8) is 0 Å². The van der Waals surface area contributed by atoms with Crippen molar-refractivity contribution in [2.75, 3.05) is 0 Å². The van der Waals surface area contributed by atoms with Crippen molar-refractivity contribution in [1.29, 1.82) is 0 Å². The van der Waals surface area contributed by atoms with Gasteiger partial charge in [0.2, 0.25) is 0 Å². The fourth-order valence-electron chi connectivity index (χ4n) is 1.49. The van der Waals surface area contributed by atoms with Crippen molar-refractivity contribution in [2.24, 2.45) is 5.92 Å². The normalized spacial score (nSPS) is 9.92. The lowest BCUT2D eigenvalue weighted by Crippen LogP contribution is -1.99. The fraction of sp³-hybridized carbons (Fsp3) is 0.538. The second-order valence-electron chi connectivity index (χ2n) is 3.46. The molecule has 0 radical (unpaired) electrons. The summed E-state index contributed by atoms with van der Waals surface area (Å²) in [5.41, 5.74) is 0. The summed E-state index contributed by atoms with van der Waals surface area (Å²) in [6, 6.07) is 0. The molecule has 0 saturated carbocycles. The summed E-state index contributed by atoms with van der Waals surface area (Å²) >= 11 is 0. The Labute approximate surface area is 83.0 Å². The van der Waals surface area contributed by atoms with Crippen molar-refractivity contribution < 1.29 is 0 Å². The van der Waals surface area contributed by atoms with E-state index in [0.29, 0.717) is 0 Å². The van der Waals surface area contributed by atoms with E-state index in [2.05, 4.69) is 19.7 Å². The molecule has 0 heteroatoms. The molecule has 0 aromatic rings. The molecule has 0 aliphatic heterocycles.